The van der Waals surface area contributed by atoms with E-state index >= 15 is 0 Å². The molecule has 0 saturated carbocycles. The molecule has 0 aliphatic carbocycles. The van der Waals surface area contributed by atoms with Gasteiger partial charge in [0.25, 0.3) is 0 Å². The molecule has 0 spiro atoms. The molecule has 1 aliphatic rings. The number of nitrogens with one attached hydrogen (secondary N) is 1. The topological polar surface area (TPSA) is 102 Å². The summed E-state index contributed by atoms with van der Waals surface area (Å²) in [4.78, 5) is 34.4. The smallest absolute Gasteiger partial charge is 0.406 e. The fourth-order valence-corrected chi connectivity index (χ4v) is 5.29. The minimum Gasteiger partial charge on any atom is -0.406 e. The number of benzene rings is 3. The third-order valence-electron chi connectivity index (χ3n) is 6.46. The molecule has 1 aromatic heterocycles. The van der Waals surface area contributed by atoms with E-state index in [0.29, 0.717) is 16.9 Å². The maximum Gasteiger partial charge on any atom is 0.573 e. The fraction of sp³-hybridized carbons (Fsp3) is 0.207. The number of nitrogens with zero attached hydrogens (tertiary/aromatic N) is 5. The Labute approximate surface area is 251 Å². The molecule has 4 aromatic rings. The molecular formula is C29H23F5N6O3S. The van der Waals surface area contributed by atoms with Crippen LogP contribution in [-0.4, -0.2) is 50.3 Å². The summed E-state index contributed by atoms with van der Waals surface area (Å²) in [6, 6.07) is 14.8. The molecule has 15 heteroatoms. The van der Waals surface area contributed by atoms with Crippen molar-refractivity contribution in [1.82, 2.24) is 20.1 Å². The molecule has 0 radical (unpaired) electrons. The molecule has 1 fully saturated rings. The Balaban J connectivity index is 1.23. The van der Waals surface area contributed by atoms with Gasteiger partial charge in [-0.3, -0.25) is 9.69 Å². The summed E-state index contributed by atoms with van der Waals surface area (Å²) < 4.78 is 72.1. The van der Waals surface area contributed by atoms with Gasteiger partial charge in [-0.05, 0) is 54.8 Å². The summed E-state index contributed by atoms with van der Waals surface area (Å²) in [7, 11) is 0. The third kappa shape index (κ3) is 6.88. The number of carbonyl (C=O) groups is 2. The van der Waals surface area contributed by atoms with Gasteiger partial charge in [0, 0.05) is 5.56 Å². The Morgan fingerprint density at radius 3 is 2.32 bits per heavy atom. The van der Waals surface area contributed by atoms with Gasteiger partial charge in [-0.25, -0.2) is 23.2 Å². The lowest BCUT2D eigenvalue weighted by Crippen LogP contribution is -2.35. The number of urea groups is 1. The largest absolute Gasteiger partial charge is 0.573 e. The van der Waals surface area contributed by atoms with Crippen molar-refractivity contribution in [1.29, 1.82) is 0 Å². The molecule has 5 rings (SSSR count). The zero-order valence-corrected chi connectivity index (χ0v) is 23.9. The van der Waals surface area contributed by atoms with E-state index in [1.54, 1.807) is 0 Å². The zero-order valence-electron chi connectivity index (χ0n) is 23.0. The van der Waals surface area contributed by atoms with Crippen molar-refractivity contribution in [2.24, 2.45) is 4.99 Å². The number of amides is 3. The Kier molecular flexibility index (Phi) is 8.67. The molecule has 2 atom stereocenters. The van der Waals surface area contributed by atoms with Gasteiger partial charge < -0.3 is 10.1 Å². The second-order valence-electron chi connectivity index (χ2n) is 9.58. The number of alkyl halides is 5. The highest BCUT2D eigenvalue weighted by Crippen LogP contribution is 2.32. The maximum absolute atomic E-state index is 15.0. The molecule has 228 valence electrons. The van der Waals surface area contributed by atoms with Gasteiger partial charge in [0.1, 0.15) is 12.1 Å². The number of hydrogen-bond acceptors (Lipinski definition) is 6. The van der Waals surface area contributed by atoms with Crippen molar-refractivity contribution >= 4 is 34.6 Å². The first-order valence-corrected chi connectivity index (χ1v) is 14.0. The summed E-state index contributed by atoms with van der Waals surface area (Å²) >= 11 is 1.02. The number of amidine groups is 1. The normalized spacial score (nSPS) is 15.8. The standard InChI is InChI=1S/C29H23F5N6O3S/c1-16-4-3-5-17(2)24(16)40-22(41)14-44-28(40)37-27(42)36-25(31)23(30)18-6-8-19(9-7-18)26-35-15-39(38-26)20-10-12-21(13-11-20)43-29(32,33)34/h3-13,15,23,25H,14H2,1-2H3,(H,36,42). The SMILES string of the molecule is Cc1cccc(C)c1N1C(=O)CSC1=NC(=O)NC(F)C(F)c1ccc(-c2ncn(-c3ccc(OC(F)(F)F)cc3)n2)cc1. The van der Waals surface area contributed by atoms with Crippen molar-refractivity contribution in [3.8, 4) is 22.8 Å². The maximum atomic E-state index is 15.0. The Morgan fingerprint density at radius 1 is 1.02 bits per heavy atom. The molecule has 2 unspecified atom stereocenters. The monoisotopic (exact) mass is 630 g/mol. The lowest BCUT2D eigenvalue weighted by Gasteiger charge is -2.21. The van der Waals surface area contributed by atoms with Gasteiger partial charge in [-0.15, -0.1) is 18.3 Å². The first-order valence-electron chi connectivity index (χ1n) is 13.0. The van der Waals surface area contributed by atoms with E-state index < -0.39 is 24.9 Å². The molecular weight excluding hydrogens is 607 g/mol. The first-order chi connectivity index (χ1) is 20.9. The van der Waals surface area contributed by atoms with Gasteiger partial charge in [-0.2, -0.15) is 4.99 Å². The highest BCUT2D eigenvalue weighted by atomic mass is 32.2. The quantitative estimate of drug-likeness (QED) is 0.182. The number of para-hydroxylation sites is 1. The van der Waals surface area contributed by atoms with Crippen LogP contribution in [0.4, 0.5) is 32.4 Å². The van der Waals surface area contributed by atoms with Crippen molar-refractivity contribution in [3.63, 3.8) is 0 Å². The van der Waals surface area contributed by atoms with E-state index in [1.807, 2.05) is 37.4 Å². The lowest BCUT2D eigenvalue weighted by molar-refractivity contribution is -0.274. The molecule has 3 amide bonds. The fourth-order valence-electron chi connectivity index (χ4n) is 4.44. The minimum absolute atomic E-state index is 0.0489. The molecule has 44 heavy (non-hydrogen) atoms. The van der Waals surface area contributed by atoms with Crippen molar-refractivity contribution < 1.29 is 36.3 Å². The number of aromatic nitrogens is 3. The number of thioether (sulfide) groups is 1. The average Bonchev–Trinajstić information content (AvgIpc) is 3.60. The van der Waals surface area contributed by atoms with Crippen LogP contribution in [-0.2, 0) is 4.79 Å². The highest BCUT2D eigenvalue weighted by Gasteiger charge is 2.33. The number of carbonyl (C=O) groups excluding carboxylic acids is 2. The second kappa shape index (κ2) is 12.4. The van der Waals surface area contributed by atoms with Gasteiger partial charge in [-0.1, -0.05) is 54.2 Å². The van der Waals surface area contributed by atoms with E-state index in [4.69, 9.17) is 0 Å². The molecule has 0 bridgehead atoms. The van der Waals surface area contributed by atoms with Crippen LogP contribution in [0.1, 0.15) is 22.9 Å². The second-order valence-corrected chi connectivity index (χ2v) is 10.5. The molecule has 1 saturated heterocycles. The van der Waals surface area contributed by atoms with E-state index in [-0.39, 0.29) is 34.0 Å². The predicted molar refractivity (Wildman–Crippen MR) is 154 cm³/mol. The van der Waals surface area contributed by atoms with Crippen LogP contribution in [0.2, 0.25) is 0 Å². The molecule has 2 heterocycles. The number of anilines is 1. The number of aryl methyl sites for hydroxylation is 2. The van der Waals surface area contributed by atoms with Crippen LogP contribution >= 0.6 is 11.8 Å². The Bertz CT molecular complexity index is 1690. The van der Waals surface area contributed by atoms with Gasteiger partial charge in [0.05, 0.1) is 17.1 Å². The third-order valence-corrected chi connectivity index (χ3v) is 7.38. The van der Waals surface area contributed by atoms with Crippen LogP contribution in [0.25, 0.3) is 17.1 Å². The number of aliphatic imine (C=N–C) groups is 1. The van der Waals surface area contributed by atoms with Crippen LogP contribution in [0.3, 0.4) is 0 Å². The summed E-state index contributed by atoms with van der Waals surface area (Å²) in [5.41, 5.74) is 2.96. The number of ether oxygens (including phenoxy) is 1. The van der Waals surface area contributed by atoms with Crippen LogP contribution in [0, 0.1) is 13.8 Å². The van der Waals surface area contributed by atoms with Gasteiger partial charge >= 0.3 is 12.4 Å². The summed E-state index contributed by atoms with van der Waals surface area (Å²) in [6.45, 7) is 3.63. The number of rotatable bonds is 7. The zero-order chi connectivity index (χ0) is 31.6. The van der Waals surface area contributed by atoms with Gasteiger partial charge in [0.2, 0.25) is 12.2 Å². The van der Waals surface area contributed by atoms with Gasteiger partial charge in [0.15, 0.2) is 17.2 Å². The van der Waals surface area contributed by atoms with Crippen LogP contribution in [0.5, 0.6) is 5.75 Å². The highest BCUT2D eigenvalue weighted by molar-refractivity contribution is 8.15. The Morgan fingerprint density at radius 2 is 1.68 bits per heavy atom. The molecule has 9 nitrogen and oxygen atoms in total. The first kappa shape index (κ1) is 30.7. The Hall–Kier alpha value is -4.79. The minimum atomic E-state index is -4.81. The van der Waals surface area contributed by atoms with E-state index in [2.05, 4.69) is 19.8 Å². The average molecular weight is 631 g/mol. The summed E-state index contributed by atoms with van der Waals surface area (Å²) in [5, 5.41) is 6.22. The molecule has 3 aromatic carbocycles. The van der Waals surface area contributed by atoms with E-state index in [0.717, 1.165) is 35.0 Å². The number of hydrogen-bond donors (Lipinski definition) is 1. The van der Waals surface area contributed by atoms with Crippen LogP contribution < -0.4 is 15.0 Å². The number of halogens is 5. The van der Waals surface area contributed by atoms with Crippen molar-refractivity contribution in [2.75, 3.05) is 10.7 Å². The lowest BCUT2D eigenvalue weighted by atomic mass is 10.1. The van der Waals surface area contributed by atoms with E-state index in [1.165, 1.54) is 52.3 Å². The molecule has 1 aliphatic heterocycles. The van der Waals surface area contributed by atoms with Crippen molar-refractivity contribution in [3.05, 3.63) is 89.7 Å². The summed E-state index contributed by atoms with van der Waals surface area (Å²) in [6.07, 6.45) is -8.14. The molecule has 1 N–H and O–H groups in total. The van der Waals surface area contributed by atoms with Crippen LogP contribution in [0.15, 0.2) is 78.0 Å². The van der Waals surface area contributed by atoms with Crippen molar-refractivity contribution in [2.45, 2.75) is 32.7 Å². The predicted octanol–water partition coefficient (Wildman–Crippen LogP) is 6.60. The van der Waals surface area contributed by atoms with E-state index in [9.17, 15) is 31.5 Å². The summed E-state index contributed by atoms with van der Waals surface area (Å²) in [5.74, 6) is -0.403.